The summed E-state index contributed by atoms with van der Waals surface area (Å²) in [5, 5.41) is 0.704. The summed E-state index contributed by atoms with van der Waals surface area (Å²) in [5.41, 5.74) is 0.884. The topological polar surface area (TPSA) is 0 Å². The van der Waals surface area contributed by atoms with Crippen LogP contribution in [-0.2, 0) is 12.6 Å². The molecule has 0 bridgehead atoms. The highest BCUT2D eigenvalue weighted by Gasteiger charge is 1.87. The van der Waals surface area contributed by atoms with Gasteiger partial charge < -0.3 is 24.8 Å². The predicted molar refractivity (Wildman–Crippen MR) is 50.5 cm³/mol. The van der Waals surface area contributed by atoms with Crippen LogP contribution < -0.4 is 0 Å². The second kappa shape index (κ2) is 3.28. The summed E-state index contributed by atoms with van der Waals surface area (Å²) in [6, 6.07) is 7.18. The zero-order valence-electron chi connectivity index (χ0n) is 5.00. The third-order valence-electron chi connectivity index (χ3n) is 1.08. The Morgan fingerprint density at radius 1 is 1.30 bits per heavy atom. The Kier molecular flexibility index (Phi) is 2.60. The Bertz CT molecular complexity index is 240. The molecule has 0 fully saturated rings. The zero-order valence-corrected chi connectivity index (χ0v) is 7.39. The summed E-state index contributed by atoms with van der Waals surface area (Å²) in [6.45, 7) is 0. The molecule has 0 spiro atoms. The Morgan fingerprint density at radius 2 is 1.80 bits per heavy atom. The van der Waals surface area contributed by atoms with Crippen LogP contribution in [0.2, 0.25) is 5.02 Å². The van der Waals surface area contributed by atoms with Gasteiger partial charge in [0.1, 0.15) is 0 Å². The Labute approximate surface area is 75.6 Å². The molecule has 0 radical (unpaired) electrons. The normalized spacial score (nSPS) is 9.30. The van der Waals surface area contributed by atoms with E-state index in [1.807, 2.05) is 12.1 Å². The highest BCUT2D eigenvalue weighted by molar-refractivity contribution is 8.01. The van der Waals surface area contributed by atoms with Gasteiger partial charge in [-0.2, -0.15) is 0 Å². The number of hydrogen-bond donors (Lipinski definition) is 0. The molecule has 0 aliphatic heterocycles. The largest absolute Gasteiger partial charge is 0.428 e. The van der Waals surface area contributed by atoms with E-state index in [9.17, 15) is 0 Å². The van der Waals surface area contributed by atoms with Gasteiger partial charge in [-0.3, -0.25) is 0 Å². The first kappa shape index (κ1) is 7.92. The van der Waals surface area contributed by atoms with Gasteiger partial charge in [0.05, 0.1) is 0 Å². The Hall–Kier alpha value is -0.180. The van der Waals surface area contributed by atoms with Gasteiger partial charge in [0.25, 0.3) is 0 Å². The molecule has 0 saturated heterocycles. The molecule has 52 valence electrons. The fourth-order valence-corrected chi connectivity index (χ4v) is 0.984. The molecule has 0 aliphatic rings. The molecule has 0 amide bonds. The van der Waals surface area contributed by atoms with E-state index in [0.29, 0.717) is 9.22 Å². The van der Waals surface area contributed by atoms with Crippen molar-refractivity contribution in [2.24, 2.45) is 0 Å². The molecular formula is C7H4ClS2-. The molecule has 1 aromatic carbocycles. The molecule has 10 heavy (non-hydrogen) atoms. The van der Waals surface area contributed by atoms with Crippen molar-refractivity contribution in [3.63, 3.8) is 0 Å². The Balaban J connectivity index is 3.00. The monoisotopic (exact) mass is 187 g/mol. The fraction of sp³-hybridized carbons (Fsp3) is 0. The van der Waals surface area contributed by atoms with Crippen molar-refractivity contribution >= 4 is 40.6 Å². The Morgan fingerprint density at radius 3 is 2.20 bits per heavy atom. The SMILES string of the molecule is S=C([S-])c1ccc(Cl)cc1. The van der Waals surface area contributed by atoms with Gasteiger partial charge in [-0.05, 0) is 17.7 Å². The van der Waals surface area contributed by atoms with E-state index in [-0.39, 0.29) is 0 Å². The molecule has 0 saturated carbocycles. The lowest BCUT2D eigenvalue weighted by molar-refractivity contribution is 1.68. The van der Waals surface area contributed by atoms with Crippen molar-refractivity contribution in [2.75, 3.05) is 0 Å². The van der Waals surface area contributed by atoms with Crippen LogP contribution in [0.15, 0.2) is 24.3 Å². The number of hydrogen-bond acceptors (Lipinski definition) is 2. The third-order valence-corrected chi connectivity index (χ3v) is 1.80. The molecule has 0 atom stereocenters. The molecule has 1 aromatic rings. The van der Waals surface area contributed by atoms with Gasteiger partial charge >= 0.3 is 0 Å². The summed E-state index contributed by atoms with van der Waals surface area (Å²) < 4.78 is 0.483. The van der Waals surface area contributed by atoms with E-state index in [1.54, 1.807) is 12.1 Å². The summed E-state index contributed by atoms with van der Waals surface area (Å²) in [4.78, 5) is 0. The molecule has 0 unspecified atom stereocenters. The van der Waals surface area contributed by atoms with Crippen LogP contribution in [0.25, 0.3) is 0 Å². The molecule has 0 aromatic heterocycles. The van der Waals surface area contributed by atoms with Crippen LogP contribution in [0, 0.1) is 0 Å². The van der Waals surface area contributed by atoms with Crippen molar-refractivity contribution in [2.45, 2.75) is 0 Å². The van der Waals surface area contributed by atoms with Gasteiger partial charge in [0, 0.05) is 5.02 Å². The van der Waals surface area contributed by atoms with Gasteiger partial charge in [-0.15, -0.1) is 4.20 Å². The van der Waals surface area contributed by atoms with E-state index in [4.69, 9.17) is 36.4 Å². The highest BCUT2D eigenvalue weighted by Crippen LogP contribution is 2.09. The van der Waals surface area contributed by atoms with E-state index in [1.165, 1.54) is 0 Å². The second-order valence-electron chi connectivity index (χ2n) is 1.79. The number of halogens is 1. The lowest BCUT2D eigenvalue weighted by Crippen LogP contribution is -1.88. The van der Waals surface area contributed by atoms with Crippen LogP contribution in [0.3, 0.4) is 0 Å². The van der Waals surface area contributed by atoms with E-state index < -0.39 is 0 Å². The molecule has 0 heterocycles. The van der Waals surface area contributed by atoms with E-state index in [2.05, 4.69) is 0 Å². The van der Waals surface area contributed by atoms with Crippen LogP contribution in [0.5, 0.6) is 0 Å². The zero-order chi connectivity index (χ0) is 7.56. The average Bonchev–Trinajstić information content (AvgIpc) is 1.88. The minimum atomic E-state index is 0.483. The maximum Gasteiger partial charge on any atom is 0.0406 e. The number of rotatable bonds is 1. The fourth-order valence-electron chi connectivity index (χ4n) is 0.586. The summed E-state index contributed by atoms with van der Waals surface area (Å²) >= 11 is 15.2. The highest BCUT2D eigenvalue weighted by atomic mass is 35.5. The quantitative estimate of drug-likeness (QED) is 0.490. The maximum atomic E-state index is 5.64. The van der Waals surface area contributed by atoms with Gasteiger partial charge in [-0.1, -0.05) is 23.7 Å². The minimum Gasteiger partial charge on any atom is -0.428 e. The first-order valence-corrected chi connectivity index (χ1v) is 3.86. The molecular weight excluding hydrogens is 184 g/mol. The molecule has 0 nitrogen and oxygen atoms in total. The van der Waals surface area contributed by atoms with Gasteiger partial charge in [-0.25, -0.2) is 0 Å². The van der Waals surface area contributed by atoms with Crippen LogP contribution in [0.4, 0.5) is 0 Å². The summed E-state index contributed by atoms with van der Waals surface area (Å²) in [7, 11) is 0. The third kappa shape index (κ3) is 1.90. The first-order valence-electron chi connectivity index (χ1n) is 2.67. The first-order chi connectivity index (χ1) is 4.70. The van der Waals surface area contributed by atoms with E-state index >= 15 is 0 Å². The number of thiocarbonyl (C=S) groups is 1. The van der Waals surface area contributed by atoms with E-state index in [0.717, 1.165) is 5.56 Å². The smallest absolute Gasteiger partial charge is 0.0406 e. The lowest BCUT2D eigenvalue weighted by Gasteiger charge is -2.03. The summed E-state index contributed by atoms with van der Waals surface area (Å²) in [6.07, 6.45) is 0. The lowest BCUT2D eigenvalue weighted by atomic mass is 10.2. The molecule has 3 heteroatoms. The van der Waals surface area contributed by atoms with Crippen LogP contribution in [-0.4, -0.2) is 4.20 Å². The number of benzene rings is 1. The molecule has 1 rings (SSSR count). The average molecular weight is 188 g/mol. The van der Waals surface area contributed by atoms with Gasteiger partial charge in [0.15, 0.2) is 0 Å². The van der Waals surface area contributed by atoms with Crippen molar-refractivity contribution in [3.8, 4) is 0 Å². The van der Waals surface area contributed by atoms with Crippen molar-refractivity contribution in [3.05, 3.63) is 34.9 Å². The summed E-state index contributed by atoms with van der Waals surface area (Å²) in [5.74, 6) is 0. The second-order valence-corrected chi connectivity index (χ2v) is 3.31. The van der Waals surface area contributed by atoms with Crippen LogP contribution in [0.1, 0.15) is 5.56 Å². The molecule has 0 aliphatic carbocycles. The van der Waals surface area contributed by atoms with Crippen molar-refractivity contribution in [1.29, 1.82) is 0 Å². The van der Waals surface area contributed by atoms with Crippen molar-refractivity contribution < 1.29 is 0 Å². The van der Waals surface area contributed by atoms with Crippen molar-refractivity contribution in [1.82, 2.24) is 0 Å². The van der Waals surface area contributed by atoms with Gasteiger partial charge in [0.2, 0.25) is 0 Å². The van der Waals surface area contributed by atoms with Crippen LogP contribution >= 0.6 is 23.8 Å². The minimum absolute atomic E-state index is 0.483. The standard InChI is InChI=1S/C7H5ClS2/c8-6-3-1-5(2-4-6)7(9)10/h1-4H,(H,9,10)/p-1. The molecule has 0 N–H and O–H groups in total. The predicted octanol–water partition coefficient (Wildman–Crippen LogP) is 2.56. The maximum absolute atomic E-state index is 5.64.